The molecule has 1 aliphatic carbocycles. The molecule has 1 aliphatic rings. The average molecular weight is 611 g/mol. The lowest BCUT2D eigenvalue weighted by atomic mass is 9.67. The van der Waals surface area contributed by atoms with E-state index in [0.29, 0.717) is 11.1 Å². The number of hydrogen-bond donors (Lipinski definition) is 0. The first-order valence-electron chi connectivity index (χ1n) is 15.6. The minimum absolute atomic E-state index is 0.246. The van der Waals surface area contributed by atoms with Gasteiger partial charge in [0.2, 0.25) is 0 Å². The zero-order valence-corrected chi connectivity index (χ0v) is 26.8. The maximum absolute atomic E-state index is 13.1. The molecule has 3 heteroatoms. The van der Waals surface area contributed by atoms with Crippen molar-refractivity contribution in [3.63, 3.8) is 0 Å². The van der Waals surface area contributed by atoms with Crippen molar-refractivity contribution in [1.29, 1.82) is 0 Å². The fourth-order valence-electron chi connectivity index (χ4n) is 6.87. The minimum atomic E-state index is -4.33. The van der Waals surface area contributed by atoms with Gasteiger partial charge in [0.05, 0.1) is 11.0 Å². The van der Waals surface area contributed by atoms with Crippen LogP contribution in [0.5, 0.6) is 0 Å². The van der Waals surface area contributed by atoms with Crippen molar-refractivity contribution in [3.8, 4) is 22.3 Å². The Morgan fingerprint density at radius 1 is 0.413 bits per heavy atom. The lowest BCUT2D eigenvalue weighted by Crippen LogP contribution is -2.28. The first-order valence-corrected chi connectivity index (χ1v) is 15.6. The molecule has 0 N–H and O–H groups in total. The molecule has 0 atom stereocenters. The molecule has 0 nitrogen and oxygen atoms in total. The Morgan fingerprint density at radius 2 is 0.826 bits per heavy atom. The lowest BCUT2D eigenvalue weighted by Gasteiger charge is -2.34. The largest absolute Gasteiger partial charge is 0.417 e. The van der Waals surface area contributed by atoms with Gasteiger partial charge >= 0.3 is 6.18 Å². The molecule has 0 bridgehead atoms. The van der Waals surface area contributed by atoms with Crippen molar-refractivity contribution in [2.45, 2.75) is 46.2 Å². The second-order valence-corrected chi connectivity index (χ2v) is 12.4. The summed E-state index contributed by atoms with van der Waals surface area (Å²) in [5, 5.41) is 0. The molecule has 0 heterocycles. The first kappa shape index (κ1) is 31.1. The van der Waals surface area contributed by atoms with E-state index in [9.17, 15) is 13.2 Å². The van der Waals surface area contributed by atoms with Crippen LogP contribution in [0.25, 0.3) is 22.3 Å². The van der Waals surface area contributed by atoms with Crippen LogP contribution in [0.2, 0.25) is 0 Å². The van der Waals surface area contributed by atoms with E-state index < -0.39 is 11.7 Å². The molecule has 0 fully saturated rings. The van der Waals surface area contributed by atoms with Gasteiger partial charge in [-0.15, -0.1) is 0 Å². The molecule has 0 aliphatic heterocycles. The van der Waals surface area contributed by atoms with Gasteiger partial charge in [0.15, 0.2) is 0 Å². The maximum atomic E-state index is 13.1. The predicted molar refractivity (Wildman–Crippen MR) is 184 cm³/mol. The Hall–Kier alpha value is -4.89. The normalized spacial score (nSPS) is 13.0. The Balaban J connectivity index is 0.000000173. The summed E-state index contributed by atoms with van der Waals surface area (Å²) >= 11 is 0. The highest BCUT2D eigenvalue weighted by Crippen LogP contribution is 2.55. The monoisotopic (exact) mass is 610 g/mol. The molecule has 230 valence electrons. The molecule has 0 aromatic heterocycles. The standard InChI is InChI=1S/C27H22.C16H15F3/c1-19-11-15-21(16-12-19)27(22-17-13-20(2)14-18-22)25-9-5-3-7-23(25)24-8-4-6-10-26(24)27;1-10-4-6-13(12(3)8-10)14-7-5-11(2)9-15(14)16(17,18)19/h3-18H,1-2H3;4-9H,1-3H3. The SMILES string of the molecule is Cc1ccc(-c2ccc(C)cc2C(F)(F)F)c(C)c1.Cc1ccc(C2(c3ccc(C)cc3)c3ccccc3-c3ccccc32)cc1. The summed E-state index contributed by atoms with van der Waals surface area (Å²) in [5.74, 6) is 0. The summed E-state index contributed by atoms with van der Waals surface area (Å²) < 4.78 is 39.4. The van der Waals surface area contributed by atoms with Gasteiger partial charge in [-0.05, 0) is 90.8 Å². The van der Waals surface area contributed by atoms with E-state index in [1.165, 1.54) is 50.6 Å². The van der Waals surface area contributed by atoms with Crippen molar-refractivity contribution in [2.24, 2.45) is 0 Å². The smallest absolute Gasteiger partial charge is 0.166 e. The topological polar surface area (TPSA) is 0 Å². The van der Waals surface area contributed by atoms with Crippen molar-refractivity contribution < 1.29 is 13.2 Å². The summed E-state index contributed by atoms with van der Waals surface area (Å²) in [6, 6.07) is 45.8. The van der Waals surface area contributed by atoms with Crippen molar-refractivity contribution in [2.75, 3.05) is 0 Å². The maximum Gasteiger partial charge on any atom is 0.417 e. The Labute approximate surface area is 270 Å². The summed E-state index contributed by atoms with van der Waals surface area (Å²) in [5.41, 5.74) is 13.2. The fourth-order valence-corrected chi connectivity index (χ4v) is 6.87. The second-order valence-electron chi connectivity index (χ2n) is 12.4. The molecule has 0 saturated heterocycles. The van der Waals surface area contributed by atoms with Crippen LogP contribution in [0.1, 0.15) is 55.6 Å². The van der Waals surface area contributed by atoms with Gasteiger partial charge in [0, 0.05) is 0 Å². The van der Waals surface area contributed by atoms with Crippen molar-refractivity contribution in [1.82, 2.24) is 0 Å². The Morgan fingerprint density at radius 3 is 1.28 bits per heavy atom. The lowest BCUT2D eigenvalue weighted by molar-refractivity contribution is -0.137. The molecule has 6 aromatic rings. The van der Waals surface area contributed by atoms with E-state index in [1.807, 2.05) is 26.0 Å². The van der Waals surface area contributed by atoms with Gasteiger partial charge in [0.25, 0.3) is 0 Å². The average Bonchev–Trinajstić information content (AvgIpc) is 3.33. The van der Waals surface area contributed by atoms with E-state index in [0.717, 1.165) is 11.1 Å². The highest BCUT2D eigenvalue weighted by molar-refractivity contribution is 5.86. The zero-order valence-electron chi connectivity index (χ0n) is 26.8. The van der Waals surface area contributed by atoms with Crippen LogP contribution >= 0.6 is 0 Å². The Bertz CT molecular complexity index is 1920. The summed E-state index contributed by atoms with van der Waals surface area (Å²) in [4.78, 5) is 0. The summed E-state index contributed by atoms with van der Waals surface area (Å²) in [6.07, 6.45) is -4.33. The summed E-state index contributed by atoms with van der Waals surface area (Å²) in [6.45, 7) is 9.73. The van der Waals surface area contributed by atoms with E-state index in [4.69, 9.17) is 0 Å². The number of fused-ring (bicyclic) bond motifs is 3. The van der Waals surface area contributed by atoms with Crippen LogP contribution < -0.4 is 0 Å². The second kappa shape index (κ2) is 12.1. The molecule has 0 spiro atoms. The fraction of sp³-hybridized carbons (Fsp3) is 0.163. The van der Waals surface area contributed by atoms with Crippen LogP contribution in [0.4, 0.5) is 13.2 Å². The minimum Gasteiger partial charge on any atom is -0.166 e. The Kier molecular flexibility index (Phi) is 8.20. The van der Waals surface area contributed by atoms with Crippen LogP contribution in [0.3, 0.4) is 0 Å². The van der Waals surface area contributed by atoms with Crippen LogP contribution in [0.15, 0.2) is 133 Å². The van der Waals surface area contributed by atoms with E-state index in [2.05, 4.69) is 111 Å². The quantitative estimate of drug-likeness (QED) is 0.187. The number of benzene rings is 6. The third-order valence-corrected chi connectivity index (χ3v) is 9.07. The number of alkyl halides is 3. The number of halogens is 3. The first-order chi connectivity index (χ1) is 22.0. The van der Waals surface area contributed by atoms with Gasteiger partial charge in [0.1, 0.15) is 0 Å². The van der Waals surface area contributed by atoms with Crippen LogP contribution in [-0.2, 0) is 11.6 Å². The molecule has 7 rings (SSSR count). The third-order valence-electron chi connectivity index (χ3n) is 9.07. The summed E-state index contributed by atoms with van der Waals surface area (Å²) in [7, 11) is 0. The molecule has 0 saturated carbocycles. The highest BCUT2D eigenvalue weighted by atomic mass is 19.4. The molecule has 0 unspecified atom stereocenters. The van der Waals surface area contributed by atoms with Gasteiger partial charge < -0.3 is 0 Å². The van der Waals surface area contributed by atoms with Crippen LogP contribution in [0, 0.1) is 34.6 Å². The van der Waals surface area contributed by atoms with E-state index >= 15 is 0 Å². The van der Waals surface area contributed by atoms with E-state index in [-0.39, 0.29) is 11.0 Å². The molecule has 46 heavy (non-hydrogen) atoms. The third kappa shape index (κ3) is 5.56. The number of rotatable bonds is 3. The molecule has 0 amide bonds. The van der Waals surface area contributed by atoms with Gasteiger partial charge in [-0.25, -0.2) is 0 Å². The zero-order chi connectivity index (χ0) is 32.6. The number of hydrogen-bond acceptors (Lipinski definition) is 0. The molecular weight excluding hydrogens is 573 g/mol. The predicted octanol–water partition coefficient (Wildman–Crippen LogP) is 12.0. The molecule has 0 radical (unpaired) electrons. The van der Waals surface area contributed by atoms with E-state index in [1.54, 1.807) is 25.1 Å². The van der Waals surface area contributed by atoms with Gasteiger partial charge in [-0.2, -0.15) is 13.2 Å². The highest BCUT2D eigenvalue weighted by Gasteiger charge is 2.45. The van der Waals surface area contributed by atoms with Gasteiger partial charge in [-0.1, -0.05) is 150 Å². The van der Waals surface area contributed by atoms with Gasteiger partial charge in [-0.3, -0.25) is 0 Å². The van der Waals surface area contributed by atoms with Crippen molar-refractivity contribution >= 4 is 0 Å². The molecular formula is C43H37F3. The van der Waals surface area contributed by atoms with Crippen LogP contribution in [-0.4, -0.2) is 0 Å². The molecule has 6 aromatic carbocycles. The van der Waals surface area contributed by atoms with Crippen molar-refractivity contribution in [3.05, 3.63) is 189 Å². The number of aryl methyl sites for hydroxylation is 5.